The molecule has 0 aromatic heterocycles. The molecule has 3 aromatic carbocycles. The molecule has 0 heterocycles. The quantitative estimate of drug-likeness (QED) is 0.151. The lowest BCUT2D eigenvalue weighted by Gasteiger charge is -2.36. The zero-order valence-electron chi connectivity index (χ0n) is 23.0. The van der Waals surface area contributed by atoms with Crippen molar-refractivity contribution in [3.8, 4) is 17.2 Å². The summed E-state index contributed by atoms with van der Waals surface area (Å²) in [5.74, 6) is 0.539. The lowest BCUT2D eigenvalue weighted by atomic mass is 9.80. The lowest BCUT2D eigenvalue weighted by molar-refractivity contribution is 0.0226. The number of hydrogen-bond acceptors (Lipinski definition) is 10. The Morgan fingerprint density at radius 3 is 1.33 bits per heavy atom. The Balaban J connectivity index is 1.94. The average Bonchev–Trinajstić information content (AvgIpc) is 2.94. The first-order valence-corrected chi connectivity index (χ1v) is 17.1. The maximum absolute atomic E-state index is 12.8. The fourth-order valence-electron chi connectivity index (χ4n) is 4.09. The van der Waals surface area contributed by atoms with Crippen molar-refractivity contribution in [2.75, 3.05) is 46.0 Å². The SMILES string of the molecule is COc1ccc(C(OCCS(=O)(=O)CCOP(=O)(O)OP(=O)(O)O)(c2ccc(OC)cc2)c2ccc(OC)cc2)cc1. The van der Waals surface area contributed by atoms with E-state index in [1.54, 1.807) is 72.8 Å². The predicted octanol–water partition coefficient (Wildman–Crippen LogP) is 3.66. The van der Waals surface area contributed by atoms with Gasteiger partial charge in [-0.15, -0.1) is 0 Å². The third-order valence-electron chi connectivity index (χ3n) is 6.06. The Morgan fingerprint density at radius 2 is 1.00 bits per heavy atom. The van der Waals surface area contributed by atoms with Crippen LogP contribution in [0.1, 0.15) is 16.7 Å². The molecule has 0 aliphatic heterocycles. The van der Waals surface area contributed by atoms with Crippen molar-refractivity contribution in [1.29, 1.82) is 0 Å². The summed E-state index contributed by atoms with van der Waals surface area (Å²) in [6.07, 6.45) is 0. The lowest BCUT2D eigenvalue weighted by Crippen LogP contribution is -2.35. The fourth-order valence-corrected chi connectivity index (χ4v) is 6.68. The van der Waals surface area contributed by atoms with Gasteiger partial charge in [-0.1, -0.05) is 36.4 Å². The van der Waals surface area contributed by atoms with Gasteiger partial charge in [-0.2, -0.15) is 4.31 Å². The van der Waals surface area contributed by atoms with Crippen LogP contribution in [0.15, 0.2) is 72.8 Å². The number of hydrogen-bond donors (Lipinski definition) is 3. The molecular formula is C26H32O13P2S. The topological polar surface area (TPSA) is 184 Å². The van der Waals surface area contributed by atoms with E-state index in [1.807, 2.05) is 0 Å². The van der Waals surface area contributed by atoms with Crippen LogP contribution in [0, 0.1) is 0 Å². The van der Waals surface area contributed by atoms with Crippen LogP contribution in [0.4, 0.5) is 0 Å². The second-order valence-electron chi connectivity index (χ2n) is 8.74. The van der Waals surface area contributed by atoms with Gasteiger partial charge in [0.25, 0.3) is 0 Å². The summed E-state index contributed by atoms with van der Waals surface area (Å²) in [4.78, 5) is 26.8. The molecule has 0 radical (unpaired) electrons. The summed E-state index contributed by atoms with van der Waals surface area (Å²) in [6, 6.07) is 21.3. The standard InChI is InChI=1S/C26H32O13P2S/c1-34-23-10-4-20(5-11-23)26(21-6-12-24(35-2)13-7-21,22-8-14-25(36-3)15-9-22)37-16-18-42(32,33)19-17-38-41(30,31)39-40(27,28)29/h4-15H,16-19H2,1-3H3,(H,30,31)(H2,27,28,29). The number of phosphoric acid groups is 2. The summed E-state index contributed by atoms with van der Waals surface area (Å²) < 4.78 is 78.5. The number of phosphoric ester groups is 1. The highest BCUT2D eigenvalue weighted by atomic mass is 32.2. The first-order valence-electron chi connectivity index (χ1n) is 12.3. The van der Waals surface area contributed by atoms with Crippen molar-refractivity contribution in [2.45, 2.75) is 5.60 Å². The molecule has 0 amide bonds. The van der Waals surface area contributed by atoms with Gasteiger partial charge in [-0.05, 0) is 53.1 Å². The Kier molecular flexibility index (Phi) is 11.4. The highest BCUT2D eigenvalue weighted by molar-refractivity contribution is 7.91. The molecule has 3 rings (SSSR count). The van der Waals surface area contributed by atoms with Gasteiger partial charge in [-0.3, -0.25) is 4.52 Å². The van der Waals surface area contributed by atoms with Crippen molar-refractivity contribution >= 4 is 25.5 Å². The van der Waals surface area contributed by atoms with Gasteiger partial charge in [0.1, 0.15) is 22.8 Å². The summed E-state index contributed by atoms with van der Waals surface area (Å²) in [7, 11) is -9.85. The molecule has 230 valence electrons. The molecule has 13 nitrogen and oxygen atoms in total. The number of ether oxygens (including phenoxy) is 4. The van der Waals surface area contributed by atoms with E-state index >= 15 is 0 Å². The zero-order chi connectivity index (χ0) is 31.0. The maximum Gasteiger partial charge on any atom is 0.481 e. The summed E-state index contributed by atoms with van der Waals surface area (Å²) in [5, 5.41) is 0. The van der Waals surface area contributed by atoms with E-state index < -0.39 is 49.2 Å². The van der Waals surface area contributed by atoms with Crippen LogP contribution < -0.4 is 14.2 Å². The van der Waals surface area contributed by atoms with E-state index in [0.717, 1.165) is 0 Å². The van der Waals surface area contributed by atoms with Gasteiger partial charge < -0.3 is 33.6 Å². The van der Waals surface area contributed by atoms with Crippen LogP contribution in [0.5, 0.6) is 17.2 Å². The molecule has 3 N–H and O–H groups in total. The zero-order valence-corrected chi connectivity index (χ0v) is 25.6. The van der Waals surface area contributed by atoms with Crippen molar-refractivity contribution in [3.63, 3.8) is 0 Å². The van der Waals surface area contributed by atoms with Crippen LogP contribution in [0.3, 0.4) is 0 Å². The van der Waals surface area contributed by atoms with Gasteiger partial charge in [0.15, 0.2) is 9.84 Å². The highest BCUT2D eigenvalue weighted by Crippen LogP contribution is 2.57. The third-order valence-corrected chi connectivity index (χ3v) is 9.82. The van der Waals surface area contributed by atoms with Crippen LogP contribution in [0.2, 0.25) is 0 Å². The molecule has 3 aromatic rings. The van der Waals surface area contributed by atoms with Crippen molar-refractivity contribution in [2.24, 2.45) is 0 Å². The highest BCUT2D eigenvalue weighted by Gasteiger charge is 2.38. The second-order valence-corrected chi connectivity index (χ2v) is 13.9. The molecule has 0 bridgehead atoms. The van der Waals surface area contributed by atoms with E-state index in [2.05, 4.69) is 8.83 Å². The van der Waals surface area contributed by atoms with E-state index in [9.17, 15) is 22.4 Å². The molecule has 1 unspecified atom stereocenters. The summed E-state index contributed by atoms with van der Waals surface area (Å²) >= 11 is 0. The third kappa shape index (κ3) is 9.11. The molecule has 16 heteroatoms. The first-order chi connectivity index (χ1) is 19.7. The molecule has 0 saturated heterocycles. The minimum atomic E-state index is -5.34. The molecule has 0 aliphatic carbocycles. The Morgan fingerprint density at radius 1 is 0.643 bits per heavy atom. The van der Waals surface area contributed by atoms with Crippen molar-refractivity contribution in [3.05, 3.63) is 89.5 Å². The van der Waals surface area contributed by atoms with Gasteiger partial charge in [0.2, 0.25) is 0 Å². The van der Waals surface area contributed by atoms with Crippen LogP contribution in [-0.2, 0) is 38.1 Å². The van der Waals surface area contributed by atoms with E-state index in [0.29, 0.717) is 33.9 Å². The smallest absolute Gasteiger partial charge is 0.481 e. The van der Waals surface area contributed by atoms with Crippen molar-refractivity contribution < 1.29 is 60.0 Å². The molecular weight excluding hydrogens is 614 g/mol. The molecule has 0 spiro atoms. The van der Waals surface area contributed by atoms with Crippen LogP contribution in [-0.4, -0.2) is 69.1 Å². The van der Waals surface area contributed by atoms with E-state index in [-0.39, 0.29) is 6.61 Å². The second kappa shape index (κ2) is 14.1. The van der Waals surface area contributed by atoms with Gasteiger partial charge in [-0.25, -0.2) is 17.5 Å². The number of sulfone groups is 1. The monoisotopic (exact) mass is 646 g/mol. The average molecular weight is 647 g/mol. The van der Waals surface area contributed by atoms with Crippen LogP contribution >= 0.6 is 15.6 Å². The molecule has 42 heavy (non-hydrogen) atoms. The maximum atomic E-state index is 12.8. The molecule has 0 aliphatic rings. The molecule has 0 saturated carbocycles. The minimum Gasteiger partial charge on any atom is -0.497 e. The Bertz CT molecular complexity index is 1390. The summed E-state index contributed by atoms with van der Waals surface area (Å²) in [5.41, 5.74) is 0.676. The predicted molar refractivity (Wildman–Crippen MR) is 152 cm³/mol. The fraction of sp³-hybridized carbons (Fsp3) is 0.308. The van der Waals surface area contributed by atoms with E-state index in [4.69, 9.17) is 28.7 Å². The van der Waals surface area contributed by atoms with Crippen molar-refractivity contribution in [1.82, 2.24) is 0 Å². The Labute approximate surface area is 243 Å². The van der Waals surface area contributed by atoms with Gasteiger partial charge >= 0.3 is 15.6 Å². The first kappa shape index (κ1) is 33.7. The van der Waals surface area contributed by atoms with Gasteiger partial charge in [0, 0.05) is 0 Å². The Hall–Kier alpha value is -2.77. The molecule has 0 fully saturated rings. The minimum absolute atomic E-state index is 0.317. The van der Waals surface area contributed by atoms with Crippen LogP contribution in [0.25, 0.3) is 0 Å². The largest absolute Gasteiger partial charge is 0.497 e. The number of rotatable bonds is 16. The van der Waals surface area contributed by atoms with E-state index in [1.165, 1.54) is 21.3 Å². The summed E-state index contributed by atoms with van der Waals surface area (Å²) in [6.45, 7) is -1.17. The molecule has 1 atom stereocenters. The number of benzene rings is 3. The number of methoxy groups -OCH3 is 3. The normalized spacial score (nSPS) is 13.8. The van der Waals surface area contributed by atoms with Gasteiger partial charge in [0.05, 0.1) is 46.0 Å².